The average Bonchev–Trinajstić information content (AvgIpc) is 2.93. The number of hydrogen-bond donors (Lipinski definition) is 3. The van der Waals surface area contributed by atoms with Crippen LogP contribution in [-0.2, 0) is 16.1 Å². The first kappa shape index (κ1) is 21.6. The molecule has 8 heteroatoms. The molecule has 0 radical (unpaired) electrons. The lowest BCUT2D eigenvalue weighted by atomic mass is 10.1. The van der Waals surface area contributed by atoms with Crippen LogP contribution in [0.5, 0.6) is 0 Å². The number of rotatable bonds is 8. The molecule has 0 spiro atoms. The van der Waals surface area contributed by atoms with Crippen molar-refractivity contribution < 1.29 is 24.0 Å². The number of carbonyl (C=O) groups excluding carboxylic acids is 3. The first-order valence-corrected chi connectivity index (χ1v) is 9.81. The van der Waals surface area contributed by atoms with Crippen LogP contribution in [-0.4, -0.2) is 38.0 Å². The molecule has 0 aliphatic carbocycles. The van der Waals surface area contributed by atoms with Gasteiger partial charge < -0.3 is 20.7 Å². The van der Waals surface area contributed by atoms with Gasteiger partial charge in [-0.1, -0.05) is 29.8 Å². The van der Waals surface area contributed by atoms with Crippen LogP contribution < -0.4 is 16.0 Å². The van der Waals surface area contributed by atoms with Crippen molar-refractivity contribution in [2.45, 2.75) is 27.3 Å². The second kappa shape index (κ2) is 9.48. The molecule has 4 N–H and O–H groups in total. The minimum atomic E-state index is -0.643. The van der Waals surface area contributed by atoms with Gasteiger partial charge in [-0.2, -0.15) is 0 Å². The molecule has 1 atom stereocenters. The van der Waals surface area contributed by atoms with Gasteiger partial charge in [0.15, 0.2) is 6.54 Å². The lowest BCUT2D eigenvalue weighted by Crippen LogP contribution is -3.08. The number of nitrogens with two attached hydrogens (primary N) is 1. The zero-order valence-corrected chi connectivity index (χ0v) is 17.4. The van der Waals surface area contributed by atoms with E-state index < -0.39 is 11.9 Å². The third kappa shape index (κ3) is 5.40. The van der Waals surface area contributed by atoms with E-state index in [9.17, 15) is 14.4 Å². The molecule has 0 aliphatic rings. The molecule has 0 bridgehead atoms. The van der Waals surface area contributed by atoms with Crippen LogP contribution in [0, 0.1) is 13.8 Å². The third-order valence-corrected chi connectivity index (χ3v) is 5.41. The van der Waals surface area contributed by atoms with Crippen molar-refractivity contribution in [3.63, 3.8) is 0 Å². The monoisotopic (exact) mass is 404 g/mol. The molecule has 2 amide bonds. The lowest BCUT2D eigenvalue weighted by molar-refractivity contribution is -0.885. The molecular formula is C20H26N3O4S+. The summed E-state index contributed by atoms with van der Waals surface area (Å²) >= 11 is 0.993. The number of likely N-dealkylation sites (N-methyl/N-ethyl adjacent to an activating group) is 1. The number of anilines is 1. The Kier molecular flexibility index (Phi) is 7.31. The van der Waals surface area contributed by atoms with Crippen LogP contribution in [0.2, 0.25) is 0 Å². The highest BCUT2D eigenvalue weighted by molar-refractivity contribution is 7.18. The van der Waals surface area contributed by atoms with E-state index in [0.29, 0.717) is 12.1 Å². The number of nitrogens with one attached hydrogen (secondary N) is 2. The summed E-state index contributed by atoms with van der Waals surface area (Å²) in [6, 6.07) is 8.15. The third-order valence-electron chi connectivity index (χ3n) is 4.19. The Morgan fingerprint density at radius 1 is 1.18 bits per heavy atom. The van der Waals surface area contributed by atoms with E-state index in [1.165, 1.54) is 5.56 Å². The number of thiophene rings is 1. The molecule has 150 valence electrons. The Morgan fingerprint density at radius 3 is 2.39 bits per heavy atom. The van der Waals surface area contributed by atoms with Gasteiger partial charge in [0.05, 0.1) is 24.1 Å². The normalized spacial score (nSPS) is 11.7. The summed E-state index contributed by atoms with van der Waals surface area (Å²) in [5, 5.41) is 3.03. The highest BCUT2D eigenvalue weighted by Crippen LogP contribution is 2.33. The summed E-state index contributed by atoms with van der Waals surface area (Å²) in [5.41, 5.74) is 8.30. The maximum Gasteiger partial charge on any atom is 0.341 e. The number of esters is 1. The fraction of sp³-hybridized carbons (Fsp3) is 0.350. The predicted octanol–water partition coefficient (Wildman–Crippen LogP) is 1.29. The van der Waals surface area contributed by atoms with Crippen LogP contribution in [0.4, 0.5) is 5.00 Å². The minimum Gasteiger partial charge on any atom is -0.462 e. The zero-order chi connectivity index (χ0) is 20.8. The van der Waals surface area contributed by atoms with Gasteiger partial charge in [-0.25, -0.2) is 4.79 Å². The molecule has 2 aromatic rings. The molecular weight excluding hydrogens is 378 g/mol. The van der Waals surface area contributed by atoms with Crippen LogP contribution in [0.3, 0.4) is 0 Å². The molecule has 2 rings (SSSR count). The van der Waals surface area contributed by atoms with Gasteiger partial charge in [0, 0.05) is 5.56 Å². The van der Waals surface area contributed by atoms with Crippen molar-refractivity contribution in [3.05, 3.63) is 51.4 Å². The SMILES string of the molecule is CCOC(=O)c1c(NC(=O)C[NH+](C)Cc2ccc(C)cc2)sc(C(N)=O)c1C. The second-order valence-corrected chi connectivity index (χ2v) is 7.71. The molecule has 1 heterocycles. The van der Waals surface area contributed by atoms with Crippen molar-refractivity contribution in [1.82, 2.24) is 0 Å². The van der Waals surface area contributed by atoms with Crippen LogP contribution >= 0.6 is 11.3 Å². The summed E-state index contributed by atoms with van der Waals surface area (Å²) in [5.74, 6) is -1.48. The largest absolute Gasteiger partial charge is 0.462 e. The number of carbonyl (C=O) groups is 3. The van der Waals surface area contributed by atoms with Crippen LogP contribution in [0.1, 0.15) is 43.6 Å². The van der Waals surface area contributed by atoms with E-state index in [0.717, 1.165) is 21.8 Å². The van der Waals surface area contributed by atoms with Crippen LogP contribution in [0.15, 0.2) is 24.3 Å². The summed E-state index contributed by atoms with van der Waals surface area (Å²) in [4.78, 5) is 37.6. The van der Waals surface area contributed by atoms with Crippen molar-refractivity contribution in [2.24, 2.45) is 5.73 Å². The highest BCUT2D eigenvalue weighted by Gasteiger charge is 2.26. The van der Waals surface area contributed by atoms with Gasteiger partial charge in [-0.05, 0) is 26.3 Å². The fourth-order valence-corrected chi connectivity index (χ4v) is 3.91. The number of aryl methyl sites for hydroxylation is 1. The van der Waals surface area contributed by atoms with Gasteiger partial charge in [0.25, 0.3) is 11.8 Å². The topological polar surface area (TPSA) is 103 Å². The molecule has 1 aromatic carbocycles. The average molecular weight is 405 g/mol. The smallest absolute Gasteiger partial charge is 0.341 e. The van der Waals surface area contributed by atoms with Crippen molar-refractivity contribution in [1.29, 1.82) is 0 Å². The Morgan fingerprint density at radius 2 is 1.82 bits per heavy atom. The minimum absolute atomic E-state index is 0.185. The Bertz CT molecular complexity index is 874. The first-order chi connectivity index (χ1) is 13.2. The highest BCUT2D eigenvalue weighted by atomic mass is 32.1. The number of quaternary nitrogens is 1. The van der Waals surface area contributed by atoms with Crippen LogP contribution in [0.25, 0.3) is 0 Å². The summed E-state index contributed by atoms with van der Waals surface area (Å²) in [6.45, 7) is 6.42. The molecule has 1 aromatic heterocycles. The van der Waals surface area contributed by atoms with Crippen molar-refractivity contribution in [3.8, 4) is 0 Å². The maximum absolute atomic E-state index is 12.5. The molecule has 0 fully saturated rings. The molecule has 0 saturated heterocycles. The number of amides is 2. The van der Waals surface area contributed by atoms with Gasteiger partial charge in [-0.3, -0.25) is 9.59 Å². The van der Waals surface area contributed by atoms with E-state index in [-0.39, 0.29) is 34.5 Å². The van der Waals surface area contributed by atoms with Gasteiger partial charge >= 0.3 is 5.97 Å². The molecule has 0 aliphatic heterocycles. The van der Waals surface area contributed by atoms with Gasteiger partial charge in [0.2, 0.25) is 0 Å². The van der Waals surface area contributed by atoms with E-state index in [1.54, 1.807) is 13.8 Å². The number of ether oxygens (including phenoxy) is 1. The second-order valence-electron chi connectivity index (χ2n) is 6.69. The zero-order valence-electron chi connectivity index (χ0n) is 16.5. The first-order valence-electron chi connectivity index (χ1n) is 8.99. The molecule has 1 unspecified atom stereocenters. The van der Waals surface area contributed by atoms with Gasteiger partial charge in [0.1, 0.15) is 11.5 Å². The Balaban J connectivity index is 2.11. The maximum atomic E-state index is 12.5. The van der Waals surface area contributed by atoms with E-state index >= 15 is 0 Å². The van der Waals surface area contributed by atoms with E-state index in [1.807, 2.05) is 38.2 Å². The molecule has 0 saturated carbocycles. The number of hydrogen-bond acceptors (Lipinski definition) is 5. The summed E-state index contributed by atoms with van der Waals surface area (Å²) in [7, 11) is 1.92. The van der Waals surface area contributed by atoms with Gasteiger partial charge in [-0.15, -0.1) is 11.3 Å². The lowest BCUT2D eigenvalue weighted by Gasteiger charge is -2.14. The predicted molar refractivity (Wildman–Crippen MR) is 109 cm³/mol. The van der Waals surface area contributed by atoms with E-state index in [2.05, 4.69) is 5.32 Å². The van der Waals surface area contributed by atoms with Crippen molar-refractivity contribution in [2.75, 3.05) is 25.5 Å². The summed E-state index contributed by atoms with van der Waals surface area (Å²) < 4.78 is 5.05. The van der Waals surface area contributed by atoms with E-state index in [4.69, 9.17) is 10.5 Å². The number of primary amides is 1. The summed E-state index contributed by atoms with van der Waals surface area (Å²) in [6.07, 6.45) is 0. The Hall–Kier alpha value is -2.71. The Labute approximate surface area is 168 Å². The molecule has 28 heavy (non-hydrogen) atoms. The number of benzene rings is 1. The quantitative estimate of drug-likeness (QED) is 0.577. The van der Waals surface area contributed by atoms with Crippen molar-refractivity contribution >= 4 is 34.1 Å². The standard InChI is InChI=1S/C20H25N3O4S/c1-5-27-20(26)16-13(3)17(18(21)25)28-19(16)22-15(24)11-23(4)10-14-8-6-12(2)7-9-14/h6-9H,5,10-11H2,1-4H3,(H2,21,25)(H,22,24)/p+1. The fourth-order valence-electron chi connectivity index (χ4n) is 2.85. The molecule has 7 nitrogen and oxygen atoms in total.